The summed E-state index contributed by atoms with van der Waals surface area (Å²) in [6.07, 6.45) is 7.72. The van der Waals surface area contributed by atoms with Gasteiger partial charge in [0.1, 0.15) is 0 Å². The molecule has 0 heteroatoms. The first-order valence-electron chi connectivity index (χ1n) is 5.87. The molecule has 0 radical (unpaired) electrons. The van der Waals surface area contributed by atoms with E-state index in [4.69, 9.17) is 0 Å². The quantitative estimate of drug-likeness (QED) is 0.631. The van der Waals surface area contributed by atoms with Crippen molar-refractivity contribution in [2.24, 2.45) is 0 Å². The van der Waals surface area contributed by atoms with Gasteiger partial charge in [0.25, 0.3) is 0 Å². The molecule has 0 fully saturated rings. The molecule has 0 heterocycles. The summed E-state index contributed by atoms with van der Waals surface area (Å²) in [7, 11) is 0. The van der Waals surface area contributed by atoms with Gasteiger partial charge in [0.15, 0.2) is 0 Å². The van der Waals surface area contributed by atoms with Gasteiger partial charge in [0.05, 0.1) is 0 Å². The molecule has 0 amide bonds. The fraction of sp³-hybridized carbons (Fsp3) is 0.250. The summed E-state index contributed by atoms with van der Waals surface area (Å²) >= 11 is 0. The van der Waals surface area contributed by atoms with Crippen molar-refractivity contribution >= 4 is 6.08 Å². The minimum atomic E-state index is 1.00. The first-order chi connectivity index (χ1) is 7.81. The molecule has 0 aliphatic heterocycles. The summed E-state index contributed by atoms with van der Waals surface area (Å²) in [5.74, 6) is 0. The van der Waals surface area contributed by atoms with E-state index in [9.17, 15) is 0 Å². The van der Waals surface area contributed by atoms with Crippen LogP contribution < -0.4 is 0 Å². The van der Waals surface area contributed by atoms with E-state index in [0.29, 0.717) is 0 Å². The fourth-order valence-electron chi connectivity index (χ4n) is 2.26. The van der Waals surface area contributed by atoms with Crippen LogP contribution in [0.1, 0.15) is 31.7 Å². The van der Waals surface area contributed by atoms with Crippen LogP contribution in [-0.2, 0) is 0 Å². The molecule has 0 aromatic heterocycles. The van der Waals surface area contributed by atoms with Gasteiger partial charge in [-0.1, -0.05) is 48.1 Å². The van der Waals surface area contributed by atoms with Crippen LogP contribution in [0.25, 0.3) is 6.08 Å². The average molecular weight is 210 g/mol. The molecular weight excluding hydrogens is 192 g/mol. The second kappa shape index (κ2) is 4.98. The summed E-state index contributed by atoms with van der Waals surface area (Å²) in [4.78, 5) is 0. The third kappa shape index (κ3) is 2.33. The molecule has 0 saturated heterocycles. The minimum absolute atomic E-state index is 1.00. The topological polar surface area (TPSA) is 0 Å². The molecule has 1 aliphatic rings. The van der Waals surface area contributed by atoms with Gasteiger partial charge in [-0.25, -0.2) is 0 Å². The first kappa shape index (κ1) is 10.9. The second-order valence-corrected chi connectivity index (χ2v) is 4.33. The smallest absolute Gasteiger partial charge is 0.00979 e. The summed E-state index contributed by atoms with van der Waals surface area (Å²) < 4.78 is 0. The number of hydrogen-bond donors (Lipinski definition) is 0. The van der Waals surface area contributed by atoms with Gasteiger partial charge < -0.3 is 0 Å². The lowest BCUT2D eigenvalue weighted by Gasteiger charge is -2.04. The first-order valence-corrected chi connectivity index (χ1v) is 5.87. The van der Waals surface area contributed by atoms with Gasteiger partial charge >= 0.3 is 0 Å². The molecule has 0 nitrogen and oxygen atoms in total. The third-order valence-corrected chi connectivity index (χ3v) is 3.16. The molecule has 1 aromatic rings. The minimum Gasteiger partial charge on any atom is -0.103 e. The summed E-state index contributed by atoms with van der Waals surface area (Å²) in [5.41, 5.74) is 5.82. The Morgan fingerprint density at radius 2 is 1.94 bits per heavy atom. The van der Waals surface area contributed by atoms with E-state index in [1.54, 1.807) is 0 Å². The van der Waals surface area contributed by atoms with Crippen LogP contribution >= 0.6 is 0 Å². The Bertz CT molecular complexity index is 432. The molecule has 0 atom stereocenters. The van der Waals surface area contributed by atoms with E-state index in [1.807, 2.05) is 6.08 Å². The van der Waals surface area contributed by atoms with Crippen LogP contribution in [0.2, 0.25) is 0 Å². The Labute approximate surface area is 98.0 Å². The predicted molar refractivity (Wildman–Crippen MR) is 71.2 cm³/mol. The van der Waals surface area contributed by atoms with Crippen LogP contribution in [-0.4, -0.2) is 0 Å². The van der Waals surface area contributed by atoms with Gasteiger partial charge in [-0.05, 0) is 42.9 Å². The Morgan fingerprint density at radius 3 is 2.62 bits per heavy atom. The monoisotopic (exact) mass is 210 g/mol. The van der Waals surface area contributed by atoms with E-state index in [0.717, 1.165) is 6.42 Å². The molecule has 16 heavy (non-hydrogen) atoms. The highest BCUT2D eigenvalue weighted by Crippen LogP contribution is 2.34. The zero-order valence-electron chi connectivity index (χ0n) is 9.87. The third-order valence-electron chi connectivity index (χ3n) is 3.16. The van der Waals surface area contributed by atoms with Crippen molar-refractivity contribution in [1.82, 2.24) is 0 Å². The van der Waals surface area contributed by atoms with Crippen molar-refractivity contribution in [3.8, 4) is 0 Å². The van der Waals surface area contributed by atoms with E-state index in [2.05, 4.69) is 49.9 Å². The standard InChI is InChI=1S/C16H18/c1-3-7-16-13(2)10-11-15(16)12-14-8-5-4-6-9-14/h3-6,8-9,12H,1,7,10-11H2,2H3/b15-12+. The Hall–Kier alpha value is -1.56. The van der Waals surface area contributed by atoms with Crippen LogP contribution in [0.4, 0.5) is 0 Å². The molecule has 0 spiro atoms. The summed E-state index contributed by atoms with van der Waals surface area (Å²) in [6, 6.07) is 10.6. The Balaban J connectivity index is 2.28. The van der Waals surface area contributed by atoms with Crippen molar-refractivity contribution in [3.05, 3.63) is 65.3 Å². The van der Waals surface area contributed by atoms with Gasteiger partial charge in [-0.3, -0.25) is 0 Å². The summed E-state index contributed by atoms with van der Waals surface area (Å²) in [6.45, 7) is 6.08. The lowest BCUT2D eigenvalue weighted by Crippen LogP contribution is -1.83. The number of allylic oxidation sites excluding steroid dienone is 4. The average Bonchev–Trinajstić information content (AvgIpc) is 2.64. The maximum atomic E-state index is 3.84. The maximum absolute atomic E-state index is 3.84. The van der Waals surface area contributed by atoms with Crippen molar-refractivity contribution in [3.63, 3.8) is 0 Å². The van der Waals surface area contributed by atoms with Gasteiger partial charge in [-0.15, -0.1) is 6.58 Å². The zero-order valence-corrected chi connectivity index (χ0v) is 9.87. The molecule has 82 valence electrons. The Morgan fingerprint density at radius 1 is 1.19 bits per heavy atom. The van der Waals surface area contributed by atoms with Crippen LogP contribution in [0.15, 0.2) is 59.7 Å². The predicted octanol–water partition coefficient (Wildman–Crippen LogP) is 4.76. The number of rotatable bonds is 3. The SMILES string of the molecule is C=CCC1=C(C)CC/C1=C\c1ccccc1. The van der Waals surface area contributed by atoms with Crippen LogP contribution in [0.5, 0.6) is 0 Å². The second-order valence-electron chi connectivity index (χ2n) is 4.33. The lowest BCUT2D eigenvalue weighted by molar-refractivity contribution is 1.01. The van der Waals surface area contributed by atoms with Gasteiger partial charge in [0, 0.05) is 0 Å². The normalized spacial score (nSPS) is 18.2. The molecule has 1 aromatic carbocycles. The number of hydrogen-bond acceptors (Lipinski definition) is 0. The summed E-state index contributed by atoms with van der Waals surface area (Å²) in [5, 5.41) is 0. The molecule has 0 bridgehead atoms. The lowest BCUT2D eigenvalue weighted by atomic mass is 10.0. The van der Waals surface area contributed by atoms with E-state index >= 15 is 0 Å². The van der Waals surface area contributed by atoms with Crippen molar-refractivity contribution in [2.45, 2.75) is 26.2 Å². The largest absolute Gasteiger partial charge is 0.103 e. The molecule has 0 N–H and O–H groups in total. The highest BCUT2D eigenvalue weighted by molar-refractivity contribution is 5.61. The molecule has 2 rings (SSSR count). The molecule has 1 aliphatic carbocycles. The van der Waals surface area contributed by atoms with E-state index in [-0.39, 0.29) is 0 Å². The fourth-order valence-corrected chi connectivity index (χ4v) is 2.26. The van der Waals surface area contributed by atoms with E-state index < -0.39 is 0 Å². The van der Waals surface area contributed by atoms with Crippen molar-refractivity contribution < 1.29 is 0 Å². The van der Waals surface area contributed by atoms with E-state index in [1.165, 1.54) is 35.1 Å². The molecular formula is C16H18. The van der Waals surface area contributed by atoms with Crippen molar-refractivity contribution in [2.75, 3.05) is 0 Å². The van der Waals surface area contributed by atoms with Crippen LogP contribution in [0, 0.1) is 0 Å². The Kier molecular flexibility index (Phi) is 3.40. The maximum Gasteiger partial charge on any atom is -0.00979 e. The van der Waals surface area contributed by atoms with Gasteiger partial charge in [0.2, 0.25) is 0 Å². The highest BCUT2D eigenvalue weighted by Gasteiger charge is 2.14. The molecule has 0 unspecified atom stereocenters. The zero-order chi connectivity index (χ0) is 11.4. The van der Waals surface area contributed by atoms with Crippen molar-refractivity contribution in [1.29, 1.82) is 0 Å². The molecule has 0 saturated carbocycles. The van der Waals surface area contributed by atoms with Gasteiger partial charge in [-0.2, -0.15) is 0 Å². The highest BCUT2D eigenvalue weighted by atomic mass is 14.2. The van der Waals surface area contributed by atoms with Crippen LogP contribution in [0.3, 0.4) is 0 Å². The number of benzene rings is 1.